The second kappa shape index (κ2) is 23.7. The number of piperazine rings is 1. The molecule has 2 aromatic rings. The fourth-order valence-electron chi connectivity index (χ4n) is 8.10. The Hall–Kier alpha value is -6.62. The van der Waals surface area contributed by atoms with Crippen molar-refractivity contribution in [3.05, 3.63) is 36.0 Å². The van der Waals surface area contributed by atoms with E-state index < -0.39 is 97.4 Å². The first-order chi connectivity index (χ1) is 31.8. The van der Waals surface area contributed by atoms with Gasteiger partial charge in [-0.3, -0.25) is 62.9 Å². The van der Waals surface area contributed by atoms with Gasteiger partial charge in [0.2, 0.25) is 17.7 Å². The molecule has 0 bridgehead atoms. The van der Waals surface area contributed by atoms with Crippen LogP contribution in [0.3, 0.4) is 0 Å². The standard InChI is InChI=1S/C42H54F2N10O13/c43-42(44)20-27(21-45)54(26-42)35(56)22-47-38(61)29-4-5-46-32-3-2-28(18-30(29)32)67-17-1-6-49-13-15-53(16-14-49)39(62)33(19-31(40(63)64)41(65)66)48-34(55)23-50-7-9-51(24-36(57)58)11-12-52(10-8-50)25-37(59)60/h2-5,18,27,31,33H,1,6-17,19-20,22-26H2,(H,47,61)(H,48,55)(H,57,58)(H,59,60)(H,63,64)(H,65,66)/t27?,33-/m0/s1. The lowest BCUT2D eigenvalue weighted by Crippen LogP contribution is -2.57. The number of ether oxygens (including phenoxy) is 1. The summed E-state index contributed by atoms with van der Waals surface area (Å²) in [7, 11) is 0. The van der Waals surface area contributed by atoms with E-state index in [0.717, 1.165) is 4.90 Å². The quantitative estimate of drug-likeness (QED) is 0.0642. The zero-order valence-corrected chi connectivity index (χ0v) is 36.6. The number of nitrogens with one attached hydrogen (secondary N) is 2. The van der Waals surface area contributed by atoms with Gasteiger partial charge in [-0.25, -0.2) is 8.78 Å². The molecule has 3 aliphatic heterocycles. The Bertz CT molecular complexity index is 2160. The van der Waals surface area contributed by atoms with Gasteiger partial charge in [-0.15, -0.1) is 0 Å². The first-order valence-electron chi connectivity index (χ1n) is 21.6. The number of rotatable bonds is 20. The van der Waals surface area contributed by atoms with Crippen molar-refractivity contribution in [2.45, 2.75) is 37.3 Å². The molecule has 1 aromatic carbocycles. The summed E-state index contributed by atoms with van der Waals surface area (Å²) >= 11 is 0. The van der Waals surface area contributed by atoms with E-state index in [9.17, 15) is 72.8 Å². The lowest BCUT2D eigenvalue weighted by atomic mass is 9.98. The van der Waals surface area contributed by atoms with Crippen molar-refractivity contribution in [2.75, 3.05) is 111 Å². The number of hydrogen-bond donors (Lipinski definition) is 6. The van der Waals surface area contributed by atoms with Crippen LogP contribution in [0.1, 0.15) is 29.6 Å². The monoisotopic (exact) mass is 944 g/mol. The molecule has 25 heteroatoms. The van der Waals surface area contributed by atoms with Crippen LogP contribution in [0.25, 0.3) is 10.9 Å². The Morgan fingerprint density at radius 2 is 1.40 bits per heavy atom. The molecule has 4 amide bonds. The van der Waals surface area contributed by atoms with E-state index in [-0.39, 0.29) is 84.2 Å². The Labute approximate surface area is 382 Å². The highest BCUT2D eigenvalue weighted by molar-refractivity contribution is 6.07. The summed E-state index contributed by atoms with van der Waals surface area (Å²) in [5.41, 5.74) is 0.605. The lowest BCUT2D eigenvalue weighted by Gasteiger charge is -2.37. The van der Waals surface area contributed by atoms with E-state index in [1.54, 1.807) is 39.0 Å². The number of nitrogens with zero attached hydrogens (tertiary/aromatic N) is 8. The van der Waals surface area contributed by atoms with Crippen molar-refractivity contribution in [1.29, 1.82) is 5.26 Å². The number of amides is 4. The third-order valence-corrected chi connectivity index (χ3v) is 11.7. The van der Waals surface area contributed by atoms with Gasteiger partial charge < -0.3 is 45.6 Å². The maximum atomic E-state index is 13.9. The molecule has 67 heavy (non-hydrogen) atoms. The van der Waals surface area contributed by atoms with Crippen LogP contribution in [-0.4, -0.2) is 232 Å². The molecule has 0 aliphatic carbocycles. The minimum Gasteiger partial charge on any atom is -0.494 e. The first kappa shape index (κ1) is 51.4. The SMILES string of the molecule is N#CC1CC(F)(F)CN1C(=O)CNC(=O)c1ccnc2ccc(OCCCN3CCN(C(=O)[C@H](CC(C(=O)O)C(=O)O)NC(=O)CN4CCN(CC(=O)O)CCN(CC(=O)O)CC4)CC3)cc12. The number of nitriles is 1. The molecule has 0 saturated carbocycles. The van der Waals surface area contributed by atoms with Crippen LogP contribution < -0.4 is 15.4 Å². The number of halogens is 2. The normalized spacial score (nSPS) is 19.1. The second-order valence-electron chi connectivity index (χ2n) is 16.5. The second-order valence-corrected chi connectivity index (χ2v) is 16.5. The molecule has 3 fully saturated rings. The number of hydrogen-bond acceptors (Lipinski definition) is 15. The topological polar surface area (TPSA) is 307 Å². The van der Waals surface area contributed by atoms with Crippen molar-refractivity contribution in [3.63, 3.8) is 0 Å². The van der Waals surface area contributed by atoms with Crippen molar-refractivity contribution in [1.82, 2.24) is 45.0 Å². The van der Waals surface area contributed by atoms with Crippen molar-refractivity contribution < 1.29 is 72.3 Å². The molecule has 6 N–H and O–H groups in total. The molecular weight excluding hydrogens is 891 g/mol. The summed E-state index contributed by atoms with van der Waals surface area (Å²) < 4.78 is 33.6. The molecule has 0 spiro atoms. The van der Waals surface area contributed by atoms with Crippen LogP contribution in [0.15, 0.2) is 30.5 Å². The number of aliphatic carboxylic acids is 4. The Balaban J connectivity index is 1.12. The number of carboxylic acid groups (broad SMARTS) is 4. The smallest absolute Gasteiger partial charge is 0.317 e. The van der Waals surface area contributed by atoms with Crippen LogP contribution in [0, 0.1) is 17.2 Å². The predicted molar refractivity (Wildman–Crippen MR) is 228 cm³/mol. The third-order valence-electron chi connectivity index (χ3n) is 11.7. The van der Waals surface area contributed by atoms with Gasteiger partial charge in [0.15, 0.2) is 5.92 Å². The Morgan fingerprint density at radius 1 is 0.821 bits per heavy atom. The van der Waals surface area contributed by atoms with Crippen molar-refractivity contribution >= 4 is 58.4 Å². The number of aromatic nitrogens is 1. The molecule has 23 nitrogen and oxygen atoms in total. The maximum absolute atomic E-state index is 13.9. The molecule has 3 saturated heterocycles. The molecule has 0 radical (unpaired) electrons. The molecule has 1 aromatic heterocycles. The van der Waals surface area contributed by atoms with Crippen molar-refractivity contribution in [2.24, 2.45) is 5.92 Å². The third kappa shape index (κ3) is 15.2. The lowest BCUT2D eigenvalue weighted by molar-refractivity contribution is -0.156. The number of carbonyl (C=O) groups excluding carboxylic acids is 4. The van der Waals surface area contributed by atoms with E-state index >= 15 is 0 Å². The van der Waals surface area contributed by atoms with Gasteiger partial charge in [0, 0.05) is 96.4 Å². The van der Waals surface area contributed by atoms with Crippen LogP contribution in [0.2, 0.25) is 0 Å². The highest BCUT2D eigenvalue weighted by atomic mass is 19.3. The van der Waals surface area contributed by atoms with Gasteiger partial charge in [-0.05, 0) is 30.7 Å². The predicted octanol–water partition coefficient (Wildman–Crippen LogP) is -1.61. The number of carboxylic acids is 4. The number of likely N-dealkylation sites (tertiary alicyclic amines) is 1. The van der Waals surface area contributed by atoms with Crippen LogP contribution in [0.5, 0.6) is 5.75 Å². The summed E-state index contributed by atoms with van der Waals surface area (Å²) in [6.45, 7) is 0.912. The minimum atomic E-state index is -3.20. The van der Waals surface area contributed by atoms with Crippen molar-refractivity contribution in [3.8, 4) is 11.8 Å². The number of pyridine rings is 1. The first-order valence-corrected chi connectivity index (χ1v) is 21.6. The fraction of sp³-hybridized carbons (Fsp3) is 0.571. The molecule has 5 rings (SSSR count). The Kier molecular flexibility index (Phi) is 18.2. The molecule has 364 valence electrons. The molecule has 2 atom stereocenters. The summed E-state index contributed by atoms with van der Waals surface area (Å²) in [6, 6.07) is 5.23. The van der Waals surface area contributed by atoms with Gasteiger partial charge in [0.05, 0.1) is 56.5 Å². The zero-order chi connectivity index (χ0) is 48.8. The van der Waals surface area contributed by atoms with E-state index in [0.29, 0.717) is 42.7 Å². The number of benzene rings is 1. The van der Waals surface area contributed by atoms with E-state index in [4.69, 9.17) is 4.74 Å². The summed E-state index contributed by atoms with van der Waals surface area (Å²) in [4.78, 5) is 113. The highest BCUT2D eigenvalue weighted by Crippen LogP contribution is 2.31. The number of fused-ring (bicyclic) bond motifs is 1. The maximum Gasteiger partial charge on any atom is 0.317 e. The molecular formula is C42H54F2N10O13. The summed E-state index contributed by atoms with van der Waals surface area (Å²) in [5, 5.41) is 52.5. The van der Waals surface area contributed by atoms with Crippen LogP contribution in [-0.2, 0) is 33.6 Å². The fourth-order valence-corrected chi connectivity index (χ4v) is 8.10. The zero-order valence-electron chi connectivity index (χ0n) is 36.6. The van der Waals surface area contributed by atoms with Gasteiger partial charge in [-0.2, -0.15) is 5.26 Å². The van der Waals surface area contributed by atoms with Gasteiger partial charge in [0.25, 0.3) is 11.8 Å². The van der Waals surface area contributed by atoms with E-state index in [1.165, 1.54) is 17.2 Å². The van der Waals surface area contributed by atoms with Gasteiger partial charge >= 0.3 is 23.9 Å². The average molecular weight is 945 g/mol. The van der Waals surface area contributed by atoms with Gasteiger partial charge in [-0.1, -0.05) is 0 Å². The summed E-state index contributed by atoms with van der Waals surface area (Å²) in [6.07, 6.45) is 0.430. The summed E-state index contributed by atoms with van der Waals surface area (Å²) in [5.74, 6) is -13.2. The van der Waals surface area contributed by atoms with Crippen LogP contribution >= 0.6 is 0 Å². The van der Waals surface area contributed by atoms with Crippen LogP contribution in [0.4, 0.5) is 8.78 Å². The Morgan fingerprint density at radius 3 is 1.97 bits per heavy atom. The van der Waals surface area contributed by atoms with E-state index in [2.05, 4.69) is 20.5 Å². The molecule has 3 aliphatic rings. The van der Waals surface area contributed by atoms with E-state index in [1.807, 2.05) is 0 Å². The highest BCUT2D eigenvalue weighted by Gasteiger charge is 2.47. The average Bonchev–Trinajstić information content (AvgIpc) is 3.64. The van der Waals surface area contributed by atoms with Gasteiger partial charge in [0.1, 0.15) is 17.8 Å². The molecule has 4 heterocycles. The molecule has 1 unspecified atom stereocenters. The number of carbonyl (C=O) groups is 8. The minimum absolute atomic E-state index is 0.155. The largest absolute Gasteiger partial charge is 0.494 e. The number of alkyl halides is 2.